The van der Waals surface area contributed by atoms with Crippen LogP contribution in [-0.2, 0) is 4.79 Å². The van der Waals surface area contributed by atoms with Gasteiger partial charge in [-0.2, -0.15) is 0 Å². The van der Waals surface area contributed by atoms with Crippen LogP contribution in [0.5, 0.6) is 5.75 Å². The first-order chi connectivity index (χ1) is 10.2. The summed E-state index contributed by atoms with van der Waals surface area (Å²) in [5.41, 5.74) is 1.46. The average molecular weight is 285 g/mol. The second-order valence-corrected chi connectivity index (χ2v) is 4.09. The summed E-state index contributed by atoms with van der Waals surface area (Å²) in [6.07, 6.45) is 5.56. The molecule has 0 fully saturated rings. The number of ether oxygens (including phenoxy) is 1. The lowest BCUT2D eigenvalue weighted by molar-refractivity contribution is -0.131. The van der Waals surface area contributed by atoms with E-state index in [1.807, 2.05) is 31.2 Å². The van der Waals surface area contributed by atoms with Crippen molar-refractivity contribution < 1.29 is 14.6 Å². The van der Waals surface area contributed by atoms with Gasteiger partial charge in [-0.3, -0.25) is 0 Å². The molecule has 1 heterocycles. The second-order valence-electron chi connectivity index (χ2n) is 4.09. The van der Waals surface area contributed by atoms with Crippen LogP contribution in [0.4, 0.5) is 11.6 Å². The molecule has 1 aromatic carbocycles. The molecule has 2 rings (SSSR count). The Morgan fingerprint density at radius 1 is 1.29 bits per heavy atom. The van der Waals surface area contributed by atoms with Crippen LogP contribution < -0.4 is 10.1 Å². The number of nitrogens with one attached hydrogen (secondary N) is 1. The summed E-state index contributed by atoms with van der Waals surface area (Å²) < 4.78 is 5.36. The molecule has 6 nitrogen and oxygen atoms in total. The van der Waals surface area contributed by atoms with Crippen molar-refractivity contribution in [1.82, 2.24) is 9.97 Å². The fourth-order valence-corrected chi connectivity index (χ4v) is 1.59. The number of aliphatic carboxylic acids is 1. The van der Waals surface area contributed by atoms with E-state index in [0.717, 1.165) is 17.5 Å². The summed E-state index contributed by atoms with van der Waals surface area (Å²) >= 11 is 0. The number of benzene rings is 1. The summed E-state index contributed by atoms with van der Waals surface area (Å²) in [5, 5.41) is 11.6. The Balaban J connectivity index is 2.01. The molecule has 2 N–H and O–H groups in total. The van der Waals surface area contributed by atoms with E-state index in [2.05, 4.69) is 15.3 Å². The van der Waals surface area contributed by atoms with E-state index in [0.29, 0.717) is 18.1 Å². The summed E-state index contributed by atoms with van der Waals surface area (Å²) in [7, 11) is 0. The predicted octanol–water partition coefficient (Wildman–Crippen LogP) is 2.72. The molecule has 0 aliphatic rings. The smallest absolute Gasteiger partial charge is 0.328 e. The lowest BCUT2D eigenvalue weighted by atomic mass is 10.3. The summed E-state index contributed by atoms with van der Waals surface area (Å²) in [6, 6.07) is 7.45. The van der Waals surface area contributed by atoms with Crippen molar-refractivity contribution in [3.05, 3.63) is 48.3 Å². The SMILES string of the molecule is CCOc1ccc(Nc2ncc(/C=C/C(=O)O)cn2)cc1. The third kappa shape index (κ3) is 4.61. The van der Waals surface area contributed by atoms with Gasteiger partial charge < -0.3 is 15.2 Å². The van der Waals surface area contributed by atoms with E-state index in [1.165, 1.54) is 6.08 Å². The highest BCUT2D eigenvalue weighted by molar-refractivity contribution is 5.85. The molecule has 0 saturated carbocycles. The predicted molar refractivity (Wildman–Crippen MR) is 79.6 cm³/mol. The quantitative estimate of drug-likeness (QED) is 0.794. The lowest BCUT2D eigenvalue weighted by Crippen LogP contribution is -1.97. The monoisotopic (exact) mass is 285 g/mol. The molecular formula is C15H15N3O3. The Morgan fingerprint density at radius 3 is 2.52 bits per heavy atom. The van der Waals surface area contributed by atoms with Gasteiger partial charge >= 0.3 is 5.97 Å². The van der Waals surface area contributed by atoms with Gasteiger partial charge in [-0.1, -0.05) is 0 Å². The molecule has 21 heavy (non-hydrogen) atoms. The molecule has 1 aromatic heterocycles. The lowest BCUT2D eigenvalue weighted by Gasteiger charge is -2.06. The van der Waals surface area contributed by atoms with Gasteiger partial charge in [0.2, 0.25) is 5.95 Å². The number of hydrogen-bond acceptors (Lipinski definition) is 5. The fourth-order valence-electron chi connectivity index (χ4n) is 1.59. The van der Waals surface area contributed by atoms with Crippen molar-refractivity contribution in [3.63, 3.8) is 0 Å². The molecule has 108 valence electrons. The van der Waals surface area contributed by atoms with Crippen LogP contribution in [0.1, 0.15) is 12.5 Å². The number of anilines is 2. The Kier molecular flexibility index (Phi) is 4.87. The van der Waals surface area contributed by atoms with Crippen molar-refractivity contribution in [2.45, 2.75) is 6.92 Å². The van der Waals surface area contributed by atoms with Crippen LogP contribution in [0.15, 0.2) is 42.7 Å². The Bertz CT molecular complexity index is 622. The van der Waals surface area contributed by atoms with E-state index in [4.69, 9.17) is 9.84 Å². The Hall–Kier alpha value is -2.89. The van der Waals surface area contributed by atoms with Crippen LogP contribution in [0.25, 0.3) is 6.08 Å². The second kappa shape index (κ2) is 7.04. The average Bonchev–Trinajstić information content (AvgIpc) is 2.49. The number of rotatable bonds is 6. The van der Waals surface area contributed by atoms with Gasteiger partial charge in [0, 0.05) is 29.7 Å². The normalized spacial score (nSPS) is 10.5. The minimum Gasteiger partial charge on any atom is -0.494 e. The van der Waals surface area contributed by atoms with Crippen LogP contribution in [0.2, 0.25) is 0 Å². The first kappa shape index (κ1) is 14.5. The highest BCUT2D eigenvalue weighted by Crippen LogP contribution is 2.18. The molecule has 0 atom stereocenters. The van der Waals surface area contributed by atoms with E-state index in [-0.39, 0.29) is 0 Å². The van der Waals surface area contributed by atoms with Crippen molar-refractivity contribution in [3.8, 4) is 5.75 Å². The zero-order chi connectivity index (χ0) is 15.1. The number of carboxylic acids is 1. The maximum Gasteiger partial charge on any atom is 0.328 e. The van der Waals surface area contributed by atoms with Crippen LogP contribution in [0.3, 0.4) is 0 Å². The van der Waals surface area contributed by atoms with E-state index in [1.54, 1.807) is 12.4 Å². The number of carbonyl (C=O) groups is 1. The molecule has 0 spiro atoms. The molecule has 0 radical (unpaired) electrons. The zero-order valence-electron chi connectivity index (χ0n) is 11.5. The number of aromatic nitrogens is 2. The van der Waals surface area contributed by atoms with Gasteiger partial charge in [0.15, 0.2) is 0 Å². The largest absolute Gasteiger partial charge is 0.494 e. The topological polar surface area (TPSA) is 84.3 Å². The first-order valence-electron chi connectivity index (χ1n) is 6.40. The minimum absolute atomic E-state index is 0.437. The first-order valence-corrected chi connectivity index (χ1v) is 6.40. The number of hydrogen-bond donors (Lipinski definition) is 2. The summed E-state index contributed by atoms with van der Waals surface area (Å²) in [5.74, 6) is 0.233. The van der Waals surface area contributed by atoms with Crippen molar-refractivity contribution in [1.29, 1.82) is 0 Å². The maximum absolute atomic E-state index is 10.4. The van der Waals surface area contributed by atoms with Gasteiger partial charge in [-0.25, -0.2) is 14.8 Å². The van der Waals surface area contributed by atoms with Crippen LogP contribution >= 0.6 is 0 Å². The Labute approximate surface area is 122 Å². The molecule has 0 saturated heterocycles. The van der Waals surface area contributed by atoms with E-state index < -0.39 is 5.97 Å². The standard InChI is InChI=1S/C15H15N3O3/c1-2-21-13-6-4-12(5-7-13)18-15-16-9-11(10-17-15)3-8-14(19)20/h3-10H,2H2,1H3,(H,19,20)(H,16,17,18)/b8-3+. The summed E-state index contributed by atoms with van der Waals surface area (Å²) in [6.45, 7) is 2.56. The Morgan fingerprint density at radius 2 is 1.95 bits per heavy atom. The number of nitrogens with zero attached hydrogens (tertiary/aromatic N) is 2. The molecule has 0 unspecified atom stereocenters. The zero-order valence-corrected chi connectivity index (χ0v) is 11.5. The molecule has 6 heteroatoms. The molecule has 0 aliphatic carbocycles. The minimum atomic E-state index is -1.01. The molecule has 0 bridgehead atoms. The van der Waals surface area contributed by atoms with Gasteiger partial charge in [0.05, 0.1) is 6.61 Å². The summed E-state index contributed by atoms with van der Waals surface area (Å²) in [4.78, 5) is 18.6. The number of carboxylic acid groups (broad SMARTS) is 1. The van der Waals surface area contributed by atoms with Crippen LogP contribution in [-0.4, -0.2) is 27.7 Å². The molecular weight excluding hydrogens is 270 g/mol. The van der Waals surface area contributed by atoms with Crippen molar-refractivity contribution >= 4 is 23.7 Å². The van der Waals surface area contributed by atoms with Crippen LogP contribution in [0, 0.1) is 0 Å². The van der Waals surface area contributed by atoms with Gasteiger partial charge in [0.1, 0.15) is 5.75 Å². The fraction of sp³-hybridized carbons (Fsp3) is 0.133. The molecule has 0 amide bonds. The molecule has 0 aliphatic heterocycles. The van der Waals surface area contributed by atoms with E-state index in [9.17, 15) is 4.79 Å². The van der Waals surface area contributed by atoms with Gasteiger partial charge in [-0.15, -0.1) is 0 Å². The third-order valence-corrected chi connectivity index (χ3v) is 2.51. The van der Waals surface area contributed by atoms with Gasteiger partial charge in [-0.05, 0) is 37.3 Å². The van der Waals surface area contributed by atoms with Gasteiger partial charge in [0.25, 0.3) is 0 Å². The highest BCUT2D eigenvalue weighted by Gasteiger charge is 1.99. The van der Waals surface area contributed by atoms with Crippen molar-refractivity contribution in [2.75, 3.05) is 11.9 Å². The highest BCUT2D eigenvalue weighted by atomic mass is 16.5. The maximum atomic E-state index is 10.4. The van der Waals surface area contributed by atoms with E-state index >= 15 is 0 Å². The van der Waals surface area contributed by atoms with Crippen molar-refractivity contribution in [2.24, 2.45) is 0 Å². The third-order valence-electron chi connectivity index (χ3n) is 2.51. The molecule has 2 aromatic rings.